The van der Waals surface area contributed by atoms with Crippen LogP contribution in [0.5, 0.6) is 5.75 Å². The Balaban J connectivity index is 2.74. The quantitative estimate of drug-likeness (QED) is 0.638. The molecule has 5 nitrogen and oxygen atoms in total. The summed E-state index contributed by atoms with van der Waals surface area (Å²) >= 11 is 6.47. The molecule has 0 spiro atoms. The van der Waals surface area contributed by atoms with Crippen LogP contribution in [0.25, 0.3) is 0 Å². The molecule has 0 aliphatic heterocycles. The van der Waals surface area contributed by atoms with Crippen molar-refractivity contribution in [2.75, 3.05) is 6.61 Å². The number of aromatic hydroxyl groups is 1. The SMILES string of the molecule is CCOC(=O)N/N=C\c1cc(Br)cc(Br)c1O. The zero-order valence-electron chi connectivity index (χ0n) is 8.91. The molecule has 0 aliphatic carbocycles. The molecule has 2 N–H and O–H groups in total. The summed E-state index contributed by atoms with van der Waals surface area (Å²) in [6.45, 7) is 1.97. The largest absolute Gasteiger partial charge is 0.506 e. The predicted molar refractivity (Wildman–Crippen MR) is 71.3 cm³/mol. The highest BCUT2D eigenvalue weighted by Gasteiger charge is 2.05. The Labute approximate surface area is 115 Å². The minimum atomic E-state index is -0.641. The summed E-state index contributed by atoms with van der Waals surface area (Å²) in [6.07, 6.45) is 0.680. The van der Waals surface area contributed by atoms with Gasteiger partial charge in [-0.1, -0.05) is 15.9 Å². The Hall–Kier alpha value is -1.08. The van der Waals surface area contributed by atoms with Crippen molar-refractivity contribution in [3.8, 4) is 5.75 Å². The highest BCUT2D eigenvalue weighted by Crippen LogP contribution is 2.30. The van der Waals surface area contributed by atoms with Gasteiger partial charge in [0, 0.05) is 10.0 Å². The fourth-order valence-corrected chi connectivity index (χ4v) is 2.26. The second-order valence-electron chi connectivity index (χ2n) is 2.92. The standard InChI is InChI=1S/C10H10Br2N2O3/c1-2-17-10(16)14-13-5-6-3-7(11)4-8(12)9(6)15/h3-5,15H,2H2,1H3,(H,14,16)/b13-5-. The Morgan fingerprint density at radius 2 is 2.29 bits per heavy atom. The molecule has 0 radical (unpaired) electrons. The maximum Gasteiger partial charge on any atom is 0.427 e. The van der Waals surface area contributed by atoms with Crippen LogP contribution >= 0.6 is 31.9 Å². The van der Waals surface area contributed by atoms with Crippen molar-refractivity contribution in [3.05, 3.63) is 26.6 Å². The number of phenolic OH excluding ortho intramolecular Hbond substituents is 1. The third kappa shape index (κ3) is 4.35. The number of ether oxygens (including phenoxy) is 1. The van der Waals surface area contributed by atoms with Gasteiger partial charge in [-0.05, 0) is 35.0 Å². The number of benzene rings is 1. The number of phenols is 1. The van der Waals surface area contributed by atoms with Gasteiger partial charge >= 0.3 is 6.09 Å². The summed E-state index contributed by atoms with van der Waals surface area (Å²) < 4.78 is 5.92. The lowest BCUT2D eigenvalue weighted by atomic mass is 10.2. The highest BCUT2D eigenvalue weighted by atomic mass is 79.9. The summed E-state index contributed by atoms with van der Waals surface area (Å²) in [5, 5.41) is 13.3. The van der Waals surface area contributed by atoms with Crippen molar-refractivity contribution in [2.24, 2.45) is 5.10 Å². The number of amides is 1. The Morgan fingerprint density at radius 3 is 2.94 bits per heavy atom. The van der Waals surface area contributed by atoms with Gasteiger partial charge in [-0.2, -0.15) is 5.10 Å². The fraction of sp³-hybridized carbons (Fsp3) is 0.200. The van der Waals surface area contributed by atoms with Crippen molar-refractivity contribution >= 4 is 44.2 Å². The van der Waals surface area contributed by atoms with Crippen molar-refractivity contribution in [3.63, 3.8) is 0 Å². The molecule has 1 aromatic carbocycles. The average molecular weight is 366 g/mol. The summed E-state index contributed by atoms with van der Waals surface area (Å²) in [6, 6.07) is 3.36. The van der Waals surface area contributed by atoms with Crippen LogP contribution in [-0.2, 0) is 4.74 Å². The normalized spacial score (nSPS) is 10.5. The molecule has 1 aromatic rings. The van der Waals surface area contributed by atoms with Crippen LogP contribution in [0.3, 0.4) is 0 Å². The number of rotatable bonds is 3. The van der Waals surface area contributed by atoms with E-state index in [0.29, 0.717) is 10.0 Å². The molecule has 0 bridgehead atoms. The lowest BCUT2D eigenvalue weighted by Gasteiger charge is -2.03. The van der Waals surface area contributed by atoms with Gasteiger partial charge in [-0.15, -0.1) is 0 Å². The van der Waals surface area contributed by atoms with Gasteiger partial charge in [-0.3, -0.25) is 0 Å². The van der Waals surface area contributed by atoms with E-state index in [1.165, 1.54) is 6.21 Å². The number of carbonyl (C=O) groups is 1. The molecular formula is C10H10Br2N2O3. The first kappa shape index (κ1) is 14.0. The van der Waals surface area contributed by atoms with Crippen LogP contribution in [0.2, 0.25) is 0 Å². The number of hydrazone groups is 1. The molecule has 0 atom stereocenters. The highest BCUT2D eigenvalue weighted by molar-refractivity contribution is 9.11. The molecule has 0 saturated carbocycles. The fourth-order valence-electron chi connectivity index (χ4n) is 1.00. The van der Waals surface area contributed by atoms with Crippen LogP contribution in [0.15, 0.2) is 26.2 Å². The van der Waals surface area contributed by atoms with E-state index in [9.17, 15) is 9.90 Å². The molecule has 0 aliphatic rings. The number of hydrogen-bond acceptors (Lipinski definition) is 4. The topological polar surface area (TPSA) is 70.9 Å². The van der Waals surface area contributed by atoms with Crippen LogP contribution in [0.4, 0.5) is 4.79 Å². The summed E-state index contributed by atoms with van der Waals surface area (Å²) in [5.74, 6) is 0.0441. The molecule has 0 saturated heterocycles. The molecule has 1 rings (SSSR count). The average Bonchev–Trinajstić information content (AvgIpc) is 2.25. The van der Waals surface area contributed by atoms with Gasteiger partial charge in [0.15, 0.2) is 0 Å². The van der Waals surface area contributed by atoms with Gasteiger partial charge in [0.2, 0.25) is 0 Å². The van der Waals surface area contributed by atoms with Gasteiger partial charge < -0.3 is 9.84 Å². The lowest BCUT2D eigenvalue weighted by molar-refractivity contribution is 0.152. The van der Waals surface area contributed by atoms with Crippen LogP contribution < -0.4 is 5.43 Å². The van der Waals surface area contributed by atoms with Crippen molar-refractivity contribution in [2.45, 2.75) is 6.92 Å². The molecule has 0 aromatic heterocycles. The van der Waals surface area contributed by atoms with E-state index in [1.54, 1.807) is 19.1 Å². The van der Waals surface area contributed by atoms with E-state index in [4.69, 9.17) is 0 Å². The molecule has 17 heavy (non-hydrogen) atoms. The van der Waals surface area contributed by atoms with Crippen molar-refractivity contribution in [1.29, 1.82) is 0 Å². The van der Waals surface area contributed by atoms with Crippen LogP contribution in [-0.4, -0.2) is 24.0 Å². The maximum absolute atomic E-state index is 10.9. The number of carbonyl (C=O) groups excluding carboxylic acids is 1. The van der Waals surface area contributed by atoms with Gasteiger partial charge in [-0.25, -0.2) is 10.2 Å². The first-order valence-electron chi connectivity index (χ1n) is 4.68. The first-order valence-corrected chi connectivity index (χ1v) is 6.27. The second kappa shape index (κ2) is 6.61. The monoisotopic (exact) mass is 364 g/mol. The third-order valence-corrected chi connectivity index (χ3v) is 2.75. The van der Waals surface area contributed by atoms with E-state index < -0.39 is 6.09 Å². The lowest BCUT2D eigenvalue weighted by Crippen LogP contribution is -2.18. The smallest absolute Gasteiger partial charge is 0.427 e. The number of nitrogens with zero attached hydrogens (tertiary/aromatic N) is 1. The van der Waals surface area contributed by atoms with Crippen molar-refractivity contribution in [1.82, 2.24) is 5.43 Å². The van der Waals surface area contributed by atoms with E-state index >= 15 is 0 Å². The van der Waals surface area contributed by atoms with Gasteiger partial charge in [0.25, 0.3) is 0 Å². The molecule has 1 amide bonds. The maximum atomic E-state index is 10.9. The summed E-state index contributed by atoms with van der Waals surface area (Å²) in [4.78, 5) is 10.9. The van der Waals surface area contributed by atoms with Crippen molar-refractivity contribution < 1.29 is 14.6 Å². The van der Waals surface area contributed by atoms with Crippen LogP contribution in [0.1, 0.15) is 12.5 Å². The van der Waals surface area contributed by atoms with E-state index in [0.717, 1.165) is 4.47 Å². The van der Waals surface area contributed by atoms with Gasteiger partial charge in [0.1, 0.15) is 5.75 Å². The predicted octanol–water partition coefficient (Wildman–Crippen LogP) is 3.00. The Bertz CT molecular complexity index is 449. The van der Waals surface area contributed by atoms with E-state index in [2.05, 4.69) is 47.1 Å². The summed E-state index contributed by atoms with van der Waals surface area (Å²) in [5.41, 5.74) is 2.63. The minimum absolute atomic E-state index is 0.0441. The molecule has 92 valence electrons. The molecule has 0 fully saturated rings. The number of halogens is 2. The van der Waals surface area contributed by atoms with E-state index in [1.807, 2.05) is 0 Å². The third-order valence-electron chi connectivity index (χ3n) is 1.69. The molecular weight excluding hydrogens is 356 g/mol. The van der Waals surface area contributed by atoms with Gasteiger partial charge in [0.05, 0.1) is 17.3 Å². The summed E-state index contributed by atoms with van der Waals surface area (Å²) in [7, 11) is 0. The second-order valence-corrected chi connectivity index (χ2v) is 4.69. The molecule has 7 heteroatoms. The van der Waals surface area contributed by atoms with E-state index in [-0.39, 0.29) is 12.4 Å². The number of nitrogens with one attached hydrogen (secondary N) is 1. The minimum Gasteiger partial charge on any atom is -0.506 e. The Morgan fingerprint density at radius 1 is 1.59 bits per heavy atom. The Kier molecular flexibility index (Phi) is 5.43. The molecule has 0 unspecified atom stereocenters. The first-order chi connectivity index (χ1) is 8.04. The number of hydrogen-bond donors (Lipinski definition) is 2. The zero-order valence-corrected chi connectivity index (χ0v) is 12.1. The molecule has 0 heterocycles. The van der Waals surface area contributed by atoms with Crippen LogP contribution in [0, 0.1) is 0 Å². The zero-order chi connectivity index (χ0) is 12.8.